The Bertz CT molecular complexity index is 243. The van der Waals surface area contributed by atoms with Crippen molar-refractivity contribution in [2.45, 2.75) is 37.8 Å². The molecule has 84 valence electrons. The summed E-state index contributed by atoms with van der Waals surface area (Å²) >= 11 is 0. The van der Waals surface area contributed by atoms with Crippen LogP contribution in [0.5, 0.6) is 0 Å². The molecular weight excluding hydrogens is 192 g/mol. The van der Waals surface area contributed by atoms with Crippen molar-refractivity contribution in [2.24, 2.45) is 16.1 Å². The van der Waals surface area contributed by atoms with E-state index in [1.165, 1.54) is 25.7 Å². The van der Waals surface area contributed by atoms with Crippen molar-refractivity contribution in [2.75, 3.05) is 6.67 Å². The van der Waals surface area contributed by atoms with Crippen LogP contribution in [0.15, 0.2) is 22.7 Å². The largest absolute Gasteiger partial charge is 0.328 e. The Morgan fingerprint density at radius 1 is 1.40 bits per heavy atom. The summed E-state index contributed by atoms with van der Waals surface area (Å²) in [6.07, 6.45) is 8.64. The van der Waals surface area contributed by atoms with Gasteiger partial charge in [-0.2, -0.15) is 5.53 Å². The molecule has 6 nitrogen and oxygen atoms in total. The van der Waals surface area contributed by atoms with Crippen molar-refractivity contribution in [3.63, 3.8) is 0 Å². The van der Waals surface area contributed by atoms with E-state index in [1.807, 2.05) is 11.2 Å². The standard InChI is InChI=1S/C6H11N5.C3H7N/c1-2-6(1)7-5-11-4-3-8-9-10-11;4-3-1-2-3/h3-4,6-7H,1-2,5H2,(H,8,10);3H,1-2,4H2. The van der Waals surface area contributed by atoms with Crippen molar-refractivity contribution in [3.05, 3.63) is 12.4 Å². The fourth-order valence-electron chi connectivity index (χ4n) is 0.959. The van der Waals surface area contributed by atoms with Gasteiger partial charge in [0, 0.05) is 18.3 Å². The SMILES string of the molecule is C1=CN(CNC2CC2)NN=N1.NC1CC1. The van der Waals surface area contributed by atoms with Crippen LogP contribution in [0.3, 0.4) is 0 Å². The Morgan fingerprint density at radius 3 is 2.60 bits per heavy atom. The quantitative estimate of drug-likeness (QED) is 0.632. The van der Waals surface area contributed by atoms with Gasteiger partial charge in [0.15, 0.2) is 0 Å². The molecule has 15 heavy (non-hydrogen) atoms. The molecule has 0 radical (unpaired) electrons. The predicted molar refractivity (Wildman–Crippen MR) is 57.2 cm³/mol. The molecule has 0 saturated heterocycles. The Labute approximate surface area is 89.5 Å². The highest BCUT2D eigenvalue weighted by atomic mass is 15.7. The molecule has 0 atom stereocenters. The molecule has 2 fully saturated rings. The summed E-state index contributed by atoms with van der Waals surface area (Å²) in [7, 11) is 0. The van der Waals surface area contributed by atoms with E-state index in [0.717, 1.165) is 12.7 Å². The Balaban J connectivity index is 0.000000179. The lowest BCUT2D eigenvalue weighted by Crippen LogP contribution is -2.39. The monoisotopic (exact) mass is 210 g/mol. The molecular formula is C9H18N6. The zero-order valence-corrected chi connectivity index (χ0v) is 8.76. The molecule has 0 amide bonds. The number of hydrazine groups is 1. The van der Waals surface area contributed by atoms with Crippen molar-refractivity contribution < 1.29 is 0 Å². The summed E-state index contributed by atoms with van der Waals surface area (Å²) in [5, 5.41) is 12.5. The molecule has 0 spiro atoms. The van der Waals surface area contributed by atoms with Crippen LogP contribution in [0, 0.1) is 0 Å². The average molecular weight is 210 g/mol. The zero-order valence-electron chi connectivity index (χ0n) is 8.76. The summed E-state index contributed by atoms with van der Waals surface area (Å²) < 4.78 is 0. The fourth-order valence-corrected chi connectivity index (χ4v) is 0.959. The van der Waals surface area contributed by atoms with Crippen LogP contribution < -0.4 is 16.6 Å². The first-order valence-corrected chi connectivity index (χ1v) is 5.42. The van der Waals surface area contributed by atoms with Crippen LogP contribution in [0.25, 0.3) is 0 Å². The first kappa shape index (κ1) is 10.4. The van der Waals surface area contributed by atoms with Gasteiger partial charge in [-0.3, -0.25) is 10.3 Å². The lowest BCUT2D eigenvalue weighted by Gasteiger charge is -2.19. The van der Waals surface area contributed by atoms with E-state index in [4.69, 9.17) is 5.73 Å². The summed E-state index contributed by atoms with van der Waals surface area (Å²) in [5.41, 5.74) is 7.97. The Hall–Kier alpha value is -1.14. The van der Waals surface area contributed by atoms with E-state index >= 15 is 0 Å². The van der Waals surface area contributed by atoms with Gasteiger partial charge < -0.3 is 5.73 Å². The highest BCUT2D eigenvalue weighted by molar-refractivity contribution is 4.83. The van der Waals surface area contributed by atoms with Gasteiger partial charge in [-0.05, 0) is 25.7 Å². The van der Waals surface area contributed by atoms with Gasteiger partial charge in [0.25, 0.3) is 0 Å². The molecule has 0 bridgehead atoms. The summed E-state index contributed by atoms with van der Waals surface area (Å²) in [5.74, 6) is 0. The van der Waals surface area contributed by atoms with Crippen molar-refractivity contribution in [3.8, 4) is 0 Å². The molecule has 0 aromatic carbocycles. The molecule has 0 aromatic heterocycles. The molecule has 2 saturated carbocycles. The number of nitrogens with zero attached hydrogens (tertiary/aromatic N) is 3. The van der Waals surface area contributed by atoms with Crippen LogP contribution in [-0.4, -0.2) is 23.8 Å². The third-order valence-corrected chi connectivity index (χ3v) is 2.29. The molecule has 6 heteroatoms. The smallest absolute Gasteiger partial charge is 0.0900 e. The minimum Gasteiger partial charge on any atom is -0.328 e. The maximum absolute atomic E-state index is 5.22. The number of hydrogen-bond acceptors (Lipinski definition) is 6. The second-order valence-electron chi connectivity index (χ2n) is 4.06. The topological polar surface area (TPSA) is 78.0 Å². The summed E-state index contributed by atoms with van der Waals surface area (Å²) in [6, 6.07) is 1.31. The Kier molecular flexibility index (Phi) is 3.52. The van der Waals surface area contributed by atoms with E-state index in [-0.39, 0.29) is 0 Å². The van der Waals surface area contributed by atoms with Gasteiger partial charge in [0.05, 0.1) is 12.9 Å². The highest BCUT2D eigenvalue weighted by Crippen LogP contribution is 2.18. The van der Waals surface area contributed by atoms with Gasteiger partial charge in [0.2, 0.25) is 0 Å². The lowest BCUT2D eigenvalue weighted by molar-refractivity contribution is 0.238. The third-order valence-electron chi connectivity index (χ3n) is 2.29. The molecule has 1 aliphatic heterocycles. The second-order valence-corrected chi connectivity index (χ2v) is 4.06. The molecule has 2 aliphatic carbocycles. The van der Waals surface area contributed by atoms with Crippen LogP contribution in [-0.2, 0) is 0 Å². The zero-order chi connectivity index (χ0) is 10.5. The molecule has 3 aliphatic rings. The van der Waals surface area contributed by atoms with Crippen molar-refractivity contribution >= 4 is 0 Å². The number of nitrogens with one attached hydrogen (secondary N) is 2. The van der Waals surface area contributed by atoms with Crippen LogP contribution in [0.1, 0.15) is 25.7 Å². The first-order chi connectivity index (χ1) is 7.34. The number of hydrogen-bond donors (Lipinski definition) is 3. The average Bonchev–Trinajstić information content (AvgIpc) is 3.14. The third kappa shape index (κ3) is 4.75. The van der Waals surface area contributed by atoms with Crippen molar-refractivity contribution in [1.82, 2.24) is 15.9 Å². The molecule has 1 heterocycles. The molecule has 4 N–H and O–H groups in total. The minimum absolute atomic E-state index is 0.583. The van der Waals surface area contributed by atoms with E-state index in [0.29, 0.717) is 6.04 Å². The van der Waals surface area contributed by atoms with Gasteiger partial charge >= 0.3 is 0 Å². The van der Waals surface area contributed by atoms with E-state index in [2.05, 4.69) is 21.2 Å². The second kappa shape index (κ2) is 5.09. The van der Waals surface area contributed by atoms with Crippen molar-refractivity contribution in [1.29, 1.82) is 0 Å². The van der Waals surface area contributed by atoms with Crippen LogP contribution >= 0.6 is 0 Å². The van der Waals surface area contributed by atoms with Gasteiger partial charge in [-0.1, -0.05) is 5.22 Å². The predicted octanol–water partition coefficient (Wildman–Crippen LogP) is 0.462. The fraction of sp³-hybridized carbons (Fsp3) is 0.778. The molecule has 0 unspecified atom stereocenters. The normalized spacial score (nSPS) is 23.1. The Morgan fingerprint density at radius 2 is 2.13 bits per heavy atom. The minimum atomic E-state index is 0.583. The van der Waals surface area contributed by atoms with Gasteiger partial charge in [-0.15, -0.1) is 5.11 Å². The molecule has 3 rings (SSSR count). The number of nitrogens with two attached hydrogens (primary N) is 1. The van der Waals surface area contributed by atoms with Crippen LogP contribution in [0.2, 0.25) is 0 Å². The summed E-state index contributed by atoms with van der Waals surface area (Å²) in [6.45, 7) is 0.792. The first-order valence-electron chi connectivity index (χ1n) is 5.42. The van der Waals surface area contributed by atoms with E-state index in [9.17, 15) is 0 Å². The molecule has 0 aromatic rings. The maximum Gasteiger partial charge on any atom is 0.0900 e. The maximum atomic E-state index is 5.22. The van der Waals surface area contributed by atoms with Gasteiger partial charge in [-0.25, -0.2) is 0 Å². The van der Waals surface area contributed by atoms with E-state index < -0.39 is 0 Å². The number of rotatable bonds is 3. The lowest BCUT2D eigenvalue weighted by atomic mass is 10.7. The highest BCUT2D eigenvalue weighted by Gasteiger charge is 2.20. The van der Waals surface area contributed by atoms with E-state index in [1.54, 1.807) is 6.20 Å². The van der Waals surface area contributed by atoms with Gasteiger partial charge in [0.1, 0.15) is 0 Å². The van der Waals surface area contributed by atoms with Crippen LogP contribution in [0.4, 0.5) is 0 Å². The summed E-state index contributed by atoms with van der Waals surface area (Å²) in [4.78, 5) is 0.